The van der Waals surface area contributed by atoms with Crippen molar-refractivity contribution in [3.8, 4) is 0 Å². The van der Waals surface area contributed by atoms with E-state index in [0.29, 0.717) is 29.5 Å². The number of β-amino-alcohol motifs (C(OH)–C–C–N with tert-alkyl or cyclic N) is 1. The van der Waals surface area contributed by atoms with Gasteiger partial charge >= 0.3 is 0 Å². The quantitative estimate of drug-likeness (QED) is 0.838. The average Bonchev–Trinajstić information content (AvgIpc) is 2.86. The Hall–Kier alpha value is -2.99. The molecule has 2 aromatic rings. The van der Waals surface area contributed by atoms with E-state index in [1.54, 1.807) is 36.4 Å². The van der Waals surface area contributed by atoms with Gasteiger partial charge in [-0.15, -0.1) is 0 Å². The first kappa shape index (κ1) is 15.5. The van der Waals surface area contributed by atoms with Crippen molar-refractivity contribution >= 4 is 23.4 Å². The number of amides is 3. The van der Waals surface area contributed by atoms with Gasteiger partial charge in [0.2, 0.25) is 5.91 Å². The smallest absolute Gasteiger partial charge is 0.261 e. The average molecular weight is 336 g/mol. The highest BCUT2D eigenvalue weighted by Gasteiger charge is 2.36. The summed E-state index contributed by atoms with van der Waals surface area (Å²) in [5, 5.41) is 13.3. The number of carbonyl (C=O) groups is 3. The summed E-state index contributed by atoms with van der Waals surface area (Å²) >= 11 is 0. The molecular formula is C19H16N2O4. The fourth-order valence-electron chi connectivity index (χ4n) is 3.29. The third kappa shape index (κ3) is 2.60. The molecule has 0 saturated carbocycles. The van der Waals surface area contributed by atoms with Crippen molar-refractivity contribution < 1.29 is 19.5 Å². The summed E-state index contributed by atoms with van der Waals surface area (Å²) in [6, 6.07) is 11.9. The van der Waals surface area contributed by atoms with E-state index in [2.05, 4.69) is 5.32 Å². The van der Waals surface area contributed by atoms with Gasteiger partial charge < -0.3 is 10.4 Å². The molecule has 0 radical (unpaired) electrons. The van der Waals surface area contributed by atoms with Gasteiger partial charge in [-0.2, -0.15) is 0 Å². The van der Waals surface area contributed by atoms with E-state index < -0.39 is 6.10 Å². The van der Waals surface area contributed by atoms with Gasteiger partial charge in [0.25, 0.3) is 11.8 Å². The van der Waals surface area contributed by atoms with Gasteiger partial charge in [0.05, 0.1) is 23.8 Å². The summed E-state index contributed by atoms with van der Waals surface area (Å²) in [7, 11) is 0. The zero-order chi connectivity index (χ0) is 17.6. The Morgan fingerprint density at radius 3 is 2.36 bits per heavy atom. The fourth-order valence-corrected chi connectivity index (χ4v) is 3.29. The number of hydrogen-bond acceptors (Lipinski definition) is 4. The first-order chi connectivity index (χ1) is 12.0. The predicted octanol–water partition coefficient (Wildman–Crippen LogP) is 1.90. The van der Waals surface area contributed by atoms with E-state index in [0.717, 1.165) is 16.2 Å². The third-order valence-corrected chi connectivity index (χ3v) is 4.64. The highest BCUT2D eigenvalue weighted by Crippen LogP contribution is 2.29. The Morgan fingerprint density at radius 2 is 1.68 bits per heavy atom. The summed E-state index contributed by atoms with van der Waals surface area (Å²) in [5.74, 6) is -0.790. The molecule has 4 rings (SSSR count). The highest BCUT2D eigenvalue weighted by molar-refractivity contribution is 6.21. The number of anilines is 1. The van der Waals surface area contributed by atoms with Crippen LogP contribution in [0.3, 0.4) is 0 Å². The number of imide groups is 1. The summed E-state index contributed by atoms with van der Waals surface area (Å²) in [6.07, 6.45) is 0.0322. The maximum absolute atomic E-state index is 12.4. The SMILES string of the molecule is O=C1CCc2cc([C@H](O)CN3C(=O)c4ccccc4C3=O)ccc2N1. The maximum atomic E-state index is 12.4. The van der Waals surface area contributed by atoms with Crippen LogP contribution in [0.2, 0.25) is 0 Å². The minimum atomic E-state index is -0.981. The lowest BCUT2D eigenvalue weighted by Gasteiger charge is -2.22. The van der Waals surface area contributed by atoms with Crippen LogP contribution in [0.4, 0.5) is 5.69 Å². The molecule has 0 bridgehead atoms. The second kappa shape index (κ2) is 5.82. The number of aliphatic hydroxyl groups is 1. The van der Waals surface area contributed by atoms with Crippen LogP contribution < -0.4 is 5.32 Å². The number of rotatable bonds is 3. The maximum Gasteiger partial charge on any atom is 0.261 e. The van der Waals surface area contributed by atoms with Crippen LogP contribution in [0.25, 0.3) is 0 Å². The minimum absolute atomic E-state index is 0.0215. The zero-order valence-corrected chi connectivity index (χ0v) is 13.4. The molecule has 3 amide bonds. The molecule has 126 valence electrons. The van der Waals surface area contributed by atoms with E-state index in [-0.39, 0.29) is 24.3 Å². The van der Waals surface area contributed by atoms with Gasteiger partial charge in [0.15, 0.2) is 0 Å². The fraction of sp³-hybridized carbons (Fsp3) is 0.211. The van der Waals surface area contributed by atoms with E-state index >= 15 is 0 Å². The summed E-state index contributed by atoms with van der Waals surface area (Å²) in [5.41, 5.74) is 3.04. The number of fused-ring (bicyclic) bond motifs is 2. The molecule has 0 fully saturated rings. The van der Waals surface area contributed by atoms with Crippen molar-refractivity contribution in [2.24, 2.45) is 0 Å². The van der Waals surface area contributed by atoms with Crippen molar-refractivity contribution in [2.45, 2.75) is 18.9 Å². The highest BCUT2D eigenvalue weighted by atomic mass is 16.3. The number of aliphatic hydroxyl groups excluding tert-OH is 1. The lowest BCUT2D eigenvalue weighted by Crippen LogP contribution is -2.34. The first-order valence-corrected chi connectivity index (χ1v) is 8.10. The standard InChI is InChI=1S/C19H16N2O4/c22-16(12-5-7-15-11(9-12)6-8-17(23)20-15)10-21-18(24)13-3-1-2-4-14(13)19(21)25/h1-5,7,9,16,22H,6,8,10H2,(H,20,23)/t16-/m1/s1. The van der Waals surface area contributed by atoms with Crippen molar-refractivity contribution in [2.75, 3.05) is 11.9 Å². The number of aryl methyl sites for hydroxylation is 1. The summed E-state index contributed by atoms with van der Waals surface area (Å²) in [4.78, 5) is 37.3. The molecule has 1 atom stereocenters. The van der Waals surface area contributed by atoms with Crippen molar-refractivity contribution in [3.63, 3.8) is 0 Å². The van der Waals surface area contributed by atoms with Gasteiger partial charge in [-0.05, 0) is 35.7 Å². The second-order valence-corrected chi connectivity index (χ2v) is 6.25. The molecule has 2 aromatic carbocycles. The lowest BCUT2D eigenvalue weighted by molar-refractivity contribution is -0.116. The molecule has 0 spiro atoms. The number of carbonyl (C=O) groups excluding carboxylic acids is 3. The minimum Gasteiger partial charge on any atom is -0.387 e. The van der Waals surface area contributed by atoms with Gasteiger partial charge in [-0.25, -0.2) is 0 Å². The number of nitrogens with one attached hydrogen (secondary N) is 1. The third-order valence-electron chi connectivity index (χ3n) is 4.64. The molecule has 0 aliphatic carbocycles. The lowest BCUT2D eigenvalue weighted by atomic mass is 9.98. The number of nitrogens with zero attached hydrogens (tertiary/aromatic N) is 1. The Balaban J connectivity index is 1.55. The van der Waals surface area contributed by atoms with Crippen molar-refractivity contribution in [3.05, 3.63) is 64.7 Å². The second-order valence-electron chi connectivity index (χ2n) is 6.25. The topological polar surface area (TPSA) is 86.7 Å². The van der Waals surface area contributed by atoms with Crippen LogP contribution in [-0.2, 0) is 11.2 Å². The van der Waals surface area contributed by atoms with Crippen LogP contribution in [-0.4, -0.2) is 34.3 Å². The van der Waals surface area contributed by atoms with Gasteiger partial charge in [-0.1, -0.05) is 24.3 Å². The van der Waals surface area contributed by atoms with Gasteiger partial charge in [0.1, 0.15) is 0 Å². The molecule has 2 heterocycles. The van der Waals surface area contributed by atoms with Crippen LogP contribution >= 0.6 is 0 Å². The zero-order valence-electron chi connectivity index (χ0n) is 13.4. The van der Waals surface area contributed by atoms with Crippen LogP contribution in [0.1, 0.15) is 44.4 Å². The molecule has 6 heteroatoms. The Bertz CT molecular complexity index is 871. The predicted molar refractivity (Wildman–Crippen MR) is 90.2 cm³/mol. The molecule has 2 aliphatic heterocycles. The molecule has 2 aliphatic rings. The molecule has 6 nitrogen and oxygen atoms in total. The van der Waals surface area contributed by atoms with Crippen molar-refractivity contribution in [1.29, 1.82) is 0 Å². The monoisotopic (exact) mass is 336 g/mol. The molecule has 0 saturated heterocycles. The number of benzene rings is 2. The largest absolute Gasteiger partial charge is 0.387 e. The van der Waals surface area contributed by atoms with Crippen LogP contribution in [0, 0.1) is 0 Å². The molecule has 25 heavy (non-hydrogen) atoms. The van der Waals surface area contributed by atoms with Gasteiger partial charge in [0, 0.05) is 12.1 Å². The normalized spacial score (nSPS) is 17.2. The van der Waals surface area contributed by atoms with E-state index in [1.165, 1.54) is 0 Å². The molecule has 0 unspecified atom stereocenters. The molecular weight excluding hydrogens is 320 g/mol. The summed E-state index contributed by atoms with van der Waals surface area (Å²) in [6.45, 7) is -0.0997. The Kier molecular flexibility index (Phi) is 3.62. The first-order valence-electron chi connectivity index (χ1n) is 8.10. The Labute approximate surface area is 144 Å². The van der Waals surface area contributed by atoms with Crippen molar-refractivity contribution in [1.82, 2.24) is 4.90 Å². The van der Waals surface area contributed by atoms with E-state index in [4.69, 9.17) is 0 Å². The number of hydrogen-bond donors (Lipinski definition) is 2. The summed E-state index contributed by atoms with van der Waals surface area (Å²) < 4.78 is 0. The molecule has 2 N–H and O–H groups in total. The van der Waals surface area contributed by atoms with E-state index in [1.807, 2.05) is 6.07 Å². The van der Waals surface area contributed by atoms with Crippen LogP contribution in [0.15, 0.2) is 42.5 Å². The van der Waals surface area contributed by atoms with Gasteiger partial charge in [-0.3, -0.25) is 19.3 Å². The Morgan fingerprint density at radius 1 is 1.00 bits per heavy atom. The van der Waals surface area contributed by atoms with Crippen LogP contribution in [0.5, 0.6) is 0 Å². The molecule has 0 aromatic heterocycles. The van der Waals surface area contributed by atoms with E-state index in [9.17, 15) is 19.5 Å².